The smallest absolute Gasteiger partial charge is 0.225 e. The molecule has 0 fully saturated rings. The first-order chi connectivity index (χ1) is 6.43. The first-order valence-corrected chi connectivity index (χ1v) is 5.63. The van der Waals surface area contributed by atoms with Gasteiger partial charge in [-0.2, -0.15) is 0 Å². The van der Waals surface area contributed by atoms with E-state index < -0.39 is 10.0 Å². The van der Waals surface area contributed by atoms with Crippen LogP contribution in [0.4, 0.5) is 0 Å². The Kier molecular flexibility index (Phi) is 5.12. The van der Waals surface area contributed by atoms with E-state index in [0.717, 1.165) is 0 Å². The summed E-state index contributed by atoms with van der Waals surface area (Å²) in [5.41, 5.74) is 0.676. The molecule has 0 saturated heterocycles. The summed E-state index contributed by atoms with van der Waals surface area (Å²) in [6.45, 7) is 6.96. The van der Waals surface area contributed by atoms with E-state index >= 15 is 0 Å². The highest BCUT2D eigenvalue weighted by Crippen LogP contribution is 2.10. The van der Waals surface area contributed by atoms with E-state index in [-0.39, 0.29) is 4.90 Å². The van der Waals surface area contributed by atoms with Gasteiger partial charge in [-0.25, -0.2) is 13.6 Å². The van der Waals surface area contributed by atoms with Gasteiger partial charge in [0.25, 0.3) is 0 Å². The zero-order valence-electron chi connectivity index (χ0n) is 8.40. The molecule has 2 N–H and O–H groups in total. The number of primary sulfonamides is 1. The standard InChI is InChI=1S/C7H9NO2S.C3H6/c1-6-4-2-3-5-7(6)11(8,9)10;1-3-2/h2-5H,1H3,(H2,8,9,10);3H,1H2,2H3. The van der Waals surface area contributed by atoms with Crippen molar-refractivity contribution in [3.05, 3.63) is 42.5 Å². The molecule has 1 aromatic rings. The van der Waals surface area contributed by atoms with Crippen LogP contribution >= 0.6 is 0 Å². The summed E-state index contributed by atoms with van der Waals surface area (Å²) < 4.78 is 21.7. The molecule has 0 aliphatic carbocycles. The van der Waals surface area contributed by atoms with E-state index in [1.807, 2.05) is 6.92 Å². The van der Waals surface area contributed by atoms with Crippen LogP contribution in [0, 0.1) is 6.92 Å². The molecule has 0 radical (unpaired) electrons. The van der Waals surface area contributed by atoms with Crippen LogP contribution in [0.5, 0.6) is 0 Å². The second kappa shape index (κ2) is 5.57. The number of hydrogen-bond acceptors (Lipinski definition) is 2. The van der Waals surface area contributed by atoms with E-state index in [0.29, 0.717) is 5.56 Å². The van der Waals surface area contributed by atoms with Crippen molar-refractivity contribution in [1.82, 2.24) is 0 Å². The summed E-state index contributed by atoms with van der Waals surface area (Å²) in [6, 6.07) is 6.61. The molecule has 3 nitrogen and oxygen atoms in total. The number of sulfonamides is 1. The average molecular weight is 213 g/mol. The number of aryl methyl sites for hydroxylation is 1. The molecule has 0 spiro atoms. The van der Waals surface area contributed by atoms with Gasteiger partial charge >= 0.3 is 0 Å². The van der Waals surface area contributed by atoms with Crippen LogP contribution < -0.4 is 5.14 Å². The Bertz CT molecular complexity index is 396. The minimum Gasteiger partial charge on any atom is -0.225 e. The van der Waals surface area contributed by atoms with E-state index in [4.69, 9.17) is 5.14 Å². The summed E-state index contributed by atoms with van der Waals surface area (Å²) in [7, 11) is -3.53. The fourth-order valence-corrected chi connectivity index (χ4v) is 1.66. The molecule has 4 heteroatoms. The summed E-state index contributed by atoms with van der Waals surface area (Å²) in [4.78, 5) is 0.194. The van der Waals surface area contributed by atoms with Crippen molar-refractivity contribution >= 4 is 10.0 Å². The number of rotatable bonds is 1. The van der Waals surface area contributed by atoms with Crippen molar-refractivity contribution in [2.45, 2.75) is 18.7 Å². The van der Waals surface area contributed by atoms with Gasteiger partial charge in [0.1, 0.15) is 0 Å². The first kappa shape index (κ1) is 12.9. The Labute approximate surface area is 85.3 Å². The molecule has 0 unspecified atom stereocenters. The summed E-state index contributed by atoms with van der Waals surface area (Å²) in [6.07, 6.45) is 1.75. The van der Waals surface area contributed by atoms with E-state index in [1.165, 1.54) is 6.07 Å². The van der Waals surface area contributed by atoms with Gasteiger partial charge in [-0.3, -0.25) is 0 Å². The molecule has 1 aromatic carbocycles. The third-order valence-electron chi connectivity index (χ3n) is 1.40. The van der Waals surface area contributed by atoms with Crippen molar-refractivity contribution in [3.8, 4) is 0 Å². The number of benzene rings is 1. The topological polar surface area (TPSA) is 60.2 Å². The zero-order valence-corrected chi connectivity index (χ0v) is 9.21. The van der Waals surface area contributed by atoms with Crippen molar-refractivity contribution < 1.29 is 8.42 Å². The Hall–Kier alpha value is -1.13. The van der Waals surface area contributed by atoms with Gasteiger partial charge in [0.2, 0.25) is 10.0 Å². The third-order valence-corrected chi connectivity index (χ3v) is 2.47. The van der Waals surface area contributed by atoms with Gasteiger partial charge in [-0.15, -0.1) is 6.58 Å². The lowest BCUT2D eigenvalue weighted by molar-refractivity contribution is 0.597. The summed E-state index contributed by atoms with van der Waals surface area (Å²) in [5, 5.41) is 4.93. The highest BCUT2D eigenvalue weighted by Gasteiger charge is 2.08. The molecule has 0 saturated carbocycles. The van der Waals surface area contributed by atoms with Crippen LogP contribution in [0.25, 0.3) is 0 Å². The van der Waals surface area contributed by atoms with Gasteiger partial charge < -0.3 is 0 Å². The van der Waals surface area contributed by atoms with Crippen molar-refractivity contribution in [1.29, 1.82) is 0 Å². The Balaban J connectivity index is 0.000000500. The van der Waals surface area contributed by atoms with Crippen molar-refractivity contribution in [3.63, 3.8) is 0 Å². The second-order valence-corrected chi connectivity index (χ2v) is 4.25. The highest BCUT2D eigenvalue weighted by molar-refractivity contribution is 7.89. The fourth-order valence-electron chi connectivity index (χ4n) is 0.876. The van der Waals surface area contributed by atoms with Crippen LogP contribution in [0.3, 0.4) is 0 Å². The number of allylic oxidation sites excluding steroid dienone is 1. The fraction of sp³-hybridized carbons (Fsp3) is 0.200. The van der Waals surface area contributed by atoms with Gasteiger partial charge in [0, 0.05) is 0 Å². The lowest BCUT2D eigenvalue weighted by atomic mass is 10.2. The molecule has 0 aliphatic rings. The quantitative estimate of drug-likeness (QED) is 0.723. The maximum absolute atomic E-state index is 10.8. The van der Waals surface area contributed by atoms with E-state index in [9.17, 15) is 8.42 Å². The molecular weight excluding hydrogens is 198 g/mol. The molecular formula is C10H15NO2S. The third kappa shape index (κ3) is 4.20. The van der Waals surface area contributed by atoms with Crippen LogP contribution in [0.1, 0.15) is 12.5 Å². The van der Waals surface area contributed by atoms with Gasteiger partial charge in [-0.05, 0) is 25.5 Å². The SMILES string of the molecule is C=CC.Cc1ccccc1S(N)(=O)=O. The molecule has 0 atom stereocenters. The molecule has 0 aromatic heterocycles. The molecule has 1 rings (SSSR count). The van der Waals surface area contributed by atoms with Crippen molar-refractivity contribution in [2.75, 3.05) is 0 Å². The van der Waals surface area contributed by atoms with E-state index in [2.05, 4.69) is 6.58 Å². The minimum atomic E-state index is -3.53. The first-order valence-electron chi connectivity index (χ1n) is 4.09. The molecule has 0 amide bonds. The molecule has 0 heterocycles. The Morgan fingerprint density at radius 1 is 1.36 bits per heavy atom. The summed E-state index contributed by atoms with van der Waals surface area (Å²) in [5.74, 6) is 0. The Morgan fingerprint density at radius 2 is 1.79 bits per heavy atom. The van der Waals surface area contributed by atoms with Crippen LogP contribution in [0.2, 0.25) is 0 Å². The zero-order chi connectivity index (χ0) is 11.2. The van der Waals surface area contributed by atoms with E-state index in [1.54, 1.807) is 31.2 Å². The Morgan fingerprint density at radius 3 is 2.07 bits per heavy atom. The van der Waals surface area contributed by atoms with Crippen LogP contribution in [0.15, 0.2) is 41.8 Å². The molecule has 0 aliphatic heterocycles. The molecule has 78 valence electrons. The predicted octanol–water partition coefficient (Wildman–Crippen LogP) is 1.83. The van der Waals surface area contributed by atoms with Gasteiger partial charge in [-0.1, -0.05) is 24.3 Å². The lowest BCUT2D eigenvalue weighted by Crippen LogP contribution is -2.13. The minimum absolute atomic E-state index is 0.194. The molecule has 0 bridgehead atoms. The number of nitrogens with two attached hydrogens (primary N) is 1. The van der Waals surface area contributed by atoms with Crippen molar-refractivity contribution in [2.24, 2.45) is 5.14 Å². The molecule has 14 heavy (non-hydrogen) atoms. The summed E-state index contributed by atoms with van der Waals surface area (Å²) >= 11 is 0. The lowest BCUT2D eigenvalue weighted by Gasteiger charge is -2.00. The monoisotopic (exact) mass is 213 g/mol. The average Bonchev–Trinajstić information content (AvgIpc) is 2.04. The number of hydrogen-bond donors (Lipinski definition) is 1. The normalized spacial score (nSPS) is 9.93. The van der Waals surface area contributed by atoms with Gasteiger partial charge in [0.15, 0.2) is 0 Å². The maximum Gasteiger partial charge on any atom is 0.238 e. The van der Waals surface area contributed by atoms with Crippen LogP contribution in [-0.4, -0.2) is 8.42 Å². The maximum atomic E-state index is 10.8. The van der Waals surface area contributed by atoms with Crippen LogP contribution in [-0.2, 0) is 10.0 Å². The predicted molar refractivity (Wildman–Crippen MR) is 58.4 cm³/mol. The highest BCUT2D eigenvalue weighted by atomic mass is 32.2. The second-order valence-electron chi connectivity index (χ2n) is 2.72. The largest absolute Gasteiger partial charge is 0.238 e. The van der Waals surface area contributed by atoms with Gasteiger partial charge in [0.05, 0.1) is 4.90 Å².